The Kier molecular flexibility index (Phi) is 9.69. The minimum atomic E-state index is 0. The van der Waals surface area contributed by atoms with Gasteiger partial charge in [0.2, 0.25) is 0 Å². The predicted octanol–water partition coefficient (Wildman–Crippen LogP) is 3.02. The second-order valence-corrected chi connectivity index (χ2v) is 7.26. The number of guanidine groups is 1. The van der Waals surface area contributed by atoms with Gasteiger partial charge < -0.3 is 19.7 Å². The maximum atomic E-state index is 4.92. The van der Waals surface area contributed by atoms with Crippen molar-refractivity contribution in [1.29, 1.82) is 0 Å². The Morgan fingerprint density at radius 3 is 2.52 bits per heavy atom. The molecule has 0 spiro atoms. The fourth-order valence-electron chi connectivity index (χ4n) is 3.38. The van der Waals surface area contributed by atoms with Crippen molar-refractivity contribution in [3.8, 4) is 0 Å². The van der Waals surface area contributed by atoms with E-state index in [9.17, 15) is 0 Å². The summed E-state index contributed by atoms with van der Waals surface area (Å²) in [5.41, 5.74) is 1.30. The lowest BCUT2D eigenvalue weighted by atomic mass is 10.2. The molecule has 1 aliphatic heterocycles. The molecule has 0 saturated carbocycles. The van der Waals surface area contributed by atoms with Gasteiger partial charge in [0.25, 0.3) is 0 Å². The van der Waals surface area contributed by atoms with Crippen LogP contribution in [0.25, 0.3) is 0 Å². The van der Waals surface area contributed by atoms with E-state index in [0.717, 1.165) is 63.9 Å². The van der Waals surface area contributed by atoms with Crippen LogP contribution in [0.3, 0.4) is 0 Å². The first kappa shape index (κ1) is 23.4. The van der Waals surface area contributed by atoms with E-state index in [2.05, 4.69) is 81.0 Å². The number of para-hydroxylation sites is 1. The summed E-state index contributed by atoms with van der Waals surface area (Å²) in [6.07, 6.45) is 3.77. The number of rotatable bonds is 7. The number of benzene rings is 1. The molecule has 1 N–H and O–H groups in total. The van der Waals surface area contributed by atoms with E-state index < -0.39 is 0 Å². The van der Waals surface area contributed by atoms with Gasteiger partial charge in [-0.1, -0.05) is 32.0 Å². The number of nitrogens with zero attached hydrogens (tertiary/aromatic N) is 6. The first-order valence-corrected chi connectivity index (χ1v) is 10.4. The van der Waals surface area contributed by atoms with Crippen LogP contribution in [0.5, 0.6) is 0 Å². The molecule has 1 aromatic heterocycles. The normalized spacial score (nSPS) is 15.8. The zero-order chi connectivity index (χ0) is 19.8. The Balaban J connectivity index is 0.00000300. The van der Waals surface area contributed by atoms with Gasteiger partial charge >= 0.3 is 0 Å². The summed E-state index contributed by atoms with van der Waals surface area (Å²) in [4.78, 5) is 9.75. The molecular weight excluding hydrogens is 477 g/mol. The molecule has 1 saturated heterocycles. The first-order valence-electron chi connectivity index (χ1n) is 10.4. The summed E-state index contributed by atoms with van der Waals surface area (Å²) in [5.74, 6) is 2.04. The van der Waals surface area contributed by atoms with Gasteiger partial charge in [0.15, 0.2) is 5.96 Å². The lowest BCUT2D eigenvalue weighted by molar-refractivity contribution is 0.365. The van der Waals surface area contributed by atoms with Crippen LogP contribution in [-0.2, 0) is 13.0 Å². The van der Waals surface area contributed by atoms with Crippen molar-refractivity contribution in [2.75, 3.05) is 37.6 Å². The molecule has 0 aliphatic carbocycles. The van der Waals surface area contributed by atoms with Crippen molar-refractivity contribution in [3.05, 3.63) is 42.5 Å². The number of aromatic nitrogens is 3. The van der Waals surface area contributed by atoms with E-state index in [1.807, 2.05) is 0 Å². The Morgan fingerprint density at radius 2 is 1.86 bits per heavy atom. The highest BCUT2D eigenvalue weighted by Gasteiger charge is 2.20. The molecule has 3 rings (SSSR count). The minimum absolute atomic E-state index is 0. The topological polar surface area (TPSA) is 61.6 Å². The third-order valence-corrected chi connectivity index (χ3v) is 5.30. The van der Waals surface area contributed by atoms with Gasteiger partial charge in [-0.2, -0.15) is 0 Å². The molecule has 1 atom stereocenters. The molecule has 1 fully saturated rings. The monoisotopic (exact) mass is 511 g/mol. The predicted molar refractivity (Wildman–Crippen MR) is 130 cm³/mol. The molecule has 0 radical (unpaired) electrons. The van der Waals surface area contributed by atoms with Crippen LogP contribution in [0.1, 0.15) is 33.0 Å². The molecule has 1 unspecified atom stereocenters. The van der Waals surface area contributed by atoms with Crippen LogP contribution < -0.4 is 10.2 Å². The summed E-state index contributed by atoms with van der Waals surface area (Å²) in [7, 11) is 0. The van der Waals surface area contributed by atoms with Crippen molar-refractivity contribution in [2.45, 2.75) is 46.2 Å². The summed E-state index contributed by atoms with van der Waals surface area (Å²) < 4.78 is 2.09. The zero-order valence-corrected chi connectivity index (χ0v) is 20.1. The molecule has 1 aromatic carbocycles. The largest absolute Gasteiger partial charge is 0.368 e. The first-order chi connectivity index (χ1) is 13.7. The third-order valence-electron chi connectivity index (χ3n) is 5.30. The van der Waals surface area contributed by atoms with E-state index >= 15 is 0 Å². The van der Waals surface area contributed by atoms with Crippen molar-refractivity contribution in [1.82, 2.24) is 25.0 Å². The lowest BCUT2D eigenvalue weighted by Gasteiger charge is -2.38. The van der Waals surface area contributed by atoms with Gasteiger partial charge in [-0.05, 0) is 25.5 Å². The minimum Gasteiger partial charge on any atom is -0.368 e. The van der Waals surface area contributed by atoms with Crippen LogP contribution in [0, 0.1) is 0 Å². The van der Waals surface area contributed by atoms with Gasteiger partial charge in [-0.3, -0.25) is 4.99 Å². The Bertz CT molecular complexity index is 738. The van der Waals surface area contributed by atoms with Crippen molar-refractivity contribution < 1.29 is 0 Å². The van der Waals surface area contributed by atoms with Crippen LogP contribution in [0.2, 0.25) is 0 Å². The number of anilines is 1. The Morgan fingerprint density at radius 1 is 1.14 bits per heavy atom. The second kappa shape index (κ2) is 12.0. The van der Waals surface area contributed by atoms with Gasteiger partial charge in [0, 0.05) is 50.9 Å². The van der Waals surface area contributed by atoms with Crippen molar-refractivity contribution in [2.24, 2.45) is 4.99 Å². The van der Waals surface area contributed by atoms with Gasteiger partial charge in [0.05, 0.1) is 6.54 Å². The number of aryl methyl sites for hydroxylation is 1. The SMILES string of the molecule is CCc1nncn1CCN=C(NC(C)CC)N1CCN(c2ccccc2)CC1.I. The van der Waals surface area contributed by atoms with Crippen molar-refractivity contribution in [3.63, 3.8) is 0 Å². The Labute approximate surface area is 191 Å². The van der Waals surface area contributed by atoms with Gasteiger partial charge in [-0.25, -0.2) is 0 Å². The number of aliphatic imine (C=N–C) groups is 1. The highest BCUT2D eigenvalue weighted by molar-refractivity contribution is 14.0. The highest BCUT2D eigenvalue weighted by atomic mass is 127. The molecular formula is C21H34IN7. The molecule has 29 heavy (non-hydrogen) atoms. The average molecular weight is 511 g/mol. The summed E-state index contributed by atoms with van der Waals surface area (Å²) in [5, 5.41) is 11.8. The van der Waals surface area contributed by atoms with Crippen LogP contribution in [-0.4, -0.2) is 64.4 Å². The summed E-state index contributed by atoms with van der Waals surface area (Å²) in [6, 6.07) is 11.1. The maximum Gasteiger partial charge on any atom is 0.194 e. The molecule has 0 amide bonds. The van der Waals surface area contributed by atoms with Crippen LogP contribution in [0.4, 0.5) is 5.69 Å². The van der Waals surface area contributed by atoms with Crippen LogP contribution in [0.15, 0.2) is 41.7 Å². The molecule has 0 bridgehead atoms. The van der Waals surface area contributed by atoms with E-state index in [4.69, 9.17) is 4.99 Å². The van der Waals surface area contributed by atoms with E-state index in [1.54, 1.807) is 6.33 Å². The summed E-state index contributed by atoms with van der Waals surface area (Å²) >= 11 is 0. The van der Waals surface area contributed by atoms with Gasteiger partial charge in [-0.15, -0.1) is 34.2 Å². The average Bonchev–Trinajstić information content (AvgIpc) is 3.21. The zero-order valence-electron chi connectivity index (χ0n) is 17.8. The summed E-state index contributed by atoms with van der Waals surface area (Å²) in [6.45, 7) is 12.0. The number of hydrogen-bond acceptors (Lipinski definition) is 4. The standard InChI is InChI=1S/C21H33N7.HI/c1-4-18(3)24-21(22-11-12-28-17-23-25-20(28)5-2)27-15-13-26(14-16-27)19-9-7-6-8-10-19;/h6-10,17-18H,4-5,11-16H2,1-3H3,(H,22,24);1H. The quantitative estimate of drug-likeness (QED) is 0.352. The third kappa shape index (κ3) is 6.58. The fraction of sp³-hybridized carbons (Fsp3) is 0.571. The number of hydrogen-bond donors (Lipinski definition) is 1. The molecule has 1 aliphatic rings. The lowest BCUT2D eigenvalue weighted by Crippen LogP contribution is -2.54. The van der Waals surface area contributed by atoms with E-state index in [-0.39, 0.29) is 24.0 Å². The highest BCUT2D eigenvalue weighted by Crippen LogP contribution is 2.15. The van der Waals surface area contributed by atoms with Crippen molar-refractivity contribution >= 4 is 35.6 Å². The van der Waals surface area contributed by atoms with E-state index in [1.165, 1.54) is 5.69 Å². The molecule has 2 heterocycles. The number of piperazine rings is 1. The van der Waals surface area contributed by atoms with E-state index in [0.29, 0.717) is 6.04 Å². The maximum absolute atomic E-state index is 4.92. The second-order valence-electron chi connectivity index (χ2n) is 7.26. The Hall–Kier alpha value is -1.84. The molecule has 160 valence electrons. The smallest absolute Gasteiger partial charge is 0.194 e. The molecule has 2 aromatic rings. The molecule has 7 nitrogen and oxygen atoms in total. The van der Waals surface area contributed by atoms with Crippen LogP contribution >= 0.6 is 24.0 Å². The number of nitrogens with one attached hydrogen (secondary N) is 1. The number of halogens is 1. The molecule has 8 heteroatoms. The fourth-order valence-corrected chi connectivity index (χ4v) is 3.38. The van der Waals surface area contributed by atoms with Gasteiger partial charge in [0.1, 0.15) is 12.2 Å².